The van der Waals surface area contributed by atoms with Crippen molar-refractivity contribution in [2.24, 2.45) is 0 Å². The number of hydrogen-bond acceptors (Lipinski definition) is 2. The summed E-state index contributed by atoms with van der Waals surface area (Å²) in [6.07, 6.45) is 3.69. The SMILES string of the molecule is Cc1ccccc1CNCc1cccnc1.Cl.Cl. The summed E-state index contributed by atoms with van der Waals surface area (Å²) in [7, 11) is 0. The summed E-state index contributed by atoms with van der Waals surface area (Å²) in [5, 5.41) is 3.42. The fourth-order valence-corrected chi connectivity index (χ4v) is 1.65. The van der Waals surface area contributed by atoms with Gasteiger partial charge in [0.15, 0.2) is 0 Å². The quantitative estimate of drug-likeness (QED) is 0.929. The molecule has 0 radical (unpaired) electrons. The van der Waals surface area contributed by atoms with E-state index in [2.05, 4.69) is 47.6 Å². The molecular formula is C14H18Cl2N2. The molecule has 0 atom stereocenters. The molecule has 0 fully saturated rings. The minimum absolute atomic E-state index is 0. The van der Waals surface area contributed by atoms with Crippen LogP contribution in [0.1, 0.15) is 16.7 Å². The summed E-state index contributed by atoms with van der Waals surface area (Å²) in [4.78, 5) is 4.09. The Morgan fingerprint density at radius 2 is 1.78 bits per heavy atom. The van der Waals surface area contributed by atoms with E-state index in [1.165, 1.54) is 16.7 Å². The van der Waals surface area contributed by atoms with Crippen molar-refractivity contribution in [3.05, 3.63) is 65.5 Å². The van der Waals surface area contributed by atoms with Crippen LogP contribution in [0.2, 0.25) is 0 Å². The van der Waals surface area contributed by atoms with Crippen molar-refractivity contribution in [3.63, 3.8) is 0 Å². The minimum Gasteiger partial charge on any atom is -0.309 e. The molecule has 1 aromatic carbocycles. The number of pyridine rings is 1. The lowest BCUT2D eigenvalue weighted by Gasteiger charge is -2.07. The first-order valence-corrected chi connectivity index (χ1v) is 5.50. The fraction of sp³-hybridized carbons (Fsp3) is 0.214. The van der Waals surface area contributed by atoms with E-state index in [0.717, 1.165) is 13.1 Å². The molecule has 4 heteroatoms. The standard InChI is InChI=1S/C14H16N2.2ClH/c1-12-5-2-3-7-14(12)11-16-10-13-6-4-8-15-9-13;;/h2-9,16H,10-11H2,1H3;2*1H. The van der Waals surface area contributed by atoms with Gasteiger partial charge in [-0.1, -0.05) is 30.3 Å². The van der Waals surface area contributed by atoms with Crippen LogP contribution in [0.5, 0.6) is 0 Å². The van der Waals surface area contributed by atoms with E-state index in [4.69, 9.17) is 0 Å². The number of benzene rings is 1. The van der Waals surface area contributed by atoms with Gasteiger partial charge in [0, 0.05) is 25.5 Å². The predicted molar refractivity (Wildman–Crippen MR) is 80.5 cm³/mol. The Balaban J connectivity index is 0.00000144. The number of hydrogen-bond donors (Lipinski definition) is 1. The van der Waals surface area contributed by atoms with Gasteiger partial charge in [-0.25, -0.2) is 0 Å². The van der Waals surface area contributed by atoms with Crippen molar-refractivity contribution >= 4 is 24.8 Å². The third-order valence-electron chi connectivity index (χ3n) is 2.63. The van der Waals surface area contributed by atoms with Crippen LogP contribution in [0.3, 0.4) is 0 Å². The van der Waals surface area contributed by atoms with Gasteiger partial charge in [-0.05, 0) is 29.7 Å². The van der Waals surface area contributed by atoms with Gasteiger partial charge in [0.25, 0.3) is 0 Å². The van der Waals surface area contributed by atoms with Crippen LogP contribution in [0.4, 0.5) is 0 Å². The Labute approximate surface area is 121 Å². The van der Waals surface area contributed by atoms with E-state index in [9.17, 15) is 0 Å². The van der Waals surface area contributed by atoms with Crippen molar-refractivity contribution in [1.82, 2.24) is 10.3 Å². The maximum atomic E-state index is 4.09. The summed E-state index contributed by atoms with van der Waals surface area (Å²) in [6.45, 7) is 3.91. The Morgan fingerprint density at radius 1 is 1.00 bits per heavy atom. The van der Waals surface area contributed by atoms with Crippen LogP contribution in [0, 0.1) is 6.92 Å². The minimum atomic E-state index is 0. The molecule has 1 aromatic heterocycles. The third-order valence-corrected chi connectivity index (χ3v) is 2.63. The van der Waals surface area contributed by atoms with E-state index >= 15 is 0 Å². The van der Waals surface area contributed by atoms with Gasteiger partial charge in [-0.2, -0.15) is 0 Å². The van der Waals surface area contributed by atoms with Crippen molar-refractivity contribution in [2.45, 2.75) is 20.0 Å². The molecule has 18 heavy (non-hydrogen) atoms. The number of rotatable bonds is 4. The van der Waals surface area contributed by atoms with Crippen molar-refractivity contribution in [1.29, 1.82) is 0 Å². The number of halogens is 2. The molecule has 0 amide bonds. The normalized spacial score (nSPS) is 9.17. The molecule has 2 nitrogen and oxygen atoms in total. The highest BCUT2D eigenvalue weighted by Crippen LogP contribution is 2.06. The van der Waals surface area contributed by atoms with E-state index in [1.807, 2.05) is 12.3 Å². The van der Waals surface area contributed by atoms with Crippen LogP contribution in [-0.4, -0.2) is 4.98 Å². The second kappa shape index (κ2) is 8.92. The maximum absolute atomic E-state index is 4.09. The maximum Gasteiger partial charge on any atom is 0.0312 e. The van der Waals surface area contributed by atoms with Gasteiger partial charge in [0.2, 0.25) is 0 Å². The fourth-order valence-electron chi connectivity index (χ4n) is 1.65. The van der Waals surface area contributed by atoms with Crippen LogP contribution in [-0.2, 0) is 13.1 Å². The summed E-state index contributed by atoms with van der Waals surface area (Å²) in [6, 6.07) is 12.5. The largest absolute Gasteiger partial charge is 0.309 e. The van der Waals surface area contributed by atoms with Crippen LogP contribution in [0.25, 0.3) is 0 Å². The van der Waals surface area contributed by atoms with Gasteiger partial charge >= 0.3 is 0 Å². The summed E-state index contributed by atoms with van der Waals surface area (Å²) < 4.78 is 0. The average molecular weight is 285 g/mol. The van der Waals surface area contributed by atoms with E-state index < -0.39 is 0 Å². The Morgan fingerprint density at radius 3 is 2.44 bits per heavy atom. The third kappa shape index (κ3) is 5.05. The van der Waals surface area contributed by atoms with Gasteiger partial charge in [-0.15, -0.1) is 24.8 Å². The smallest absolute Gasteiger partial charge is 0.0312 e. The Hall–Kier alpha value is -1.09. The molecule has 0 unspecified atom stereocenters. The van der Waals surface area contributed by atoms with Gasteiger partial charge < -0.3 is 5.32 Å². The average Bonchev–Trinajstić information content (AvgIpc) is 2.33. The monoisotopic (exact) mass is 284 g/mol. The molecule has 0 bridgehead atoms. The second-order valence-electron chi connectivity index (χ2n) is 3.89. The molecule has 1 heterocycles. The Kier molecular flexibility index (Phi) is 8.38. The first-order valence-electron chi connectivity index (χ1n) is 5.50. The number of aromatic nitrogens is 1. The number of aryl methyl sites for hydroxylation is 1. The van der Waals surface area contributed by atoms with Gasteiger partial charge in [-0.3, -0.25) is 4.98 Å². The second-order valence-corrected chi connectivity index (χ2v) is 3.89. The summed E-state index contributed by atoms with van der Waals surface area (Å²) >= 11 is 0. The first-order chi connectivity index (χ1) is 7.86. The molecule has 98 valence electrons. The topological polar surface area (TPSA) is 24.9 Å². The molecule has 0 aliphatic rings. The Bertz CT molecular complexity index is 447. The first kappa shape index (κ1) is 16.9. The summed E-state index contributed by atoms with van der Waals surface area (Å²) in [5.74, 6) is 0. The number of nitrogens with zero attached hydrogens (tertiary/aromatic N) is 1. The zero-order valence-corrected chi connectivity index (χ0v) is 11.9. The lowest BCUT2D eigenvalue weighted by atomic mass is 10.1. The molecule has 0 aliphatic carbocycles. The van der Waals surface area contributed by atoms with Crippen LogP contribution >= 0.6 is 24.8 Å². The molecule has 1 N–H and O–H groups in total. The zero-order chi connectivity index (χ0) is 11.2. The van der Waals surface area contributed by atoms with E-state index in [-0.39, 0.29) is 24.8 Å². The highest BCUT2D eigenvalue weighted by molar-refractivity contribution is 5.85. The van der Waals surface area contributed by atoms with Gasteiger partial charge in [0.05, 0.1) is 0 Å². The summed E-state index contributed by atoms with van der Waals surface area (Å²) in [5.41, 5.74) is 3.91. The molecule has 0 aliphatic heterocycles. The highest BCUT2D eigenvalue weighted by atomic mass is 35.5. The van der Waals surface area contributed by atoms with Crippen LogP contribution < -0.4 is 5.32 Å². The molecule has 0 saturated carbocycles. The van der Waals surface area contributed by atoms with Crippen molar-refractivity contribution < 1.29 is 0 Å². The predicted octanol–water partition coefficient (Wildman–Crippen LogP) is 3.52. The number of nitrogens with one attached hydrogen (secondary N) is 1. The van der Waals surface area contributed by atoms with Crippen molar-refractivity contribution in [3.8, 4) is 0 Å². The molecule has 0 saturated heterocycles. The lowest BCUT2D eigenvalue weighted by Crippen LogP contribution is -2.13. The van der Waals surface area contributed by atoms with Crippen molar-refractivity contribution in [2.75, 3.05) is 0 Å². The molecular weight excluding hydrogens is 267 g/mol. The van der Waals surface area contributed by atoms with Gasteiger partial charge in [0.1, 0.15) is 0 Å². The van der Waals surface area contributed by atoms with E-state index in [0.29, 0.717) is 0 Å². The highest BCUT2D eigenvalue weighted by Gasteiger charge is 1.96. The molecule has 2 rings (SSSR count). The molecule has 2 aromatic rings. The lowest BCUT2D eigenvalue weighted by molar-refractivity contribution is 0.689. The molecule has 0 spiro atoms. The zero-order valence-electron chi connectivity index (χ0n) is 10.3. The van der Waals surface area contributed by atoms with Crippen LogP contribution in [0.15, 0.2) is 48.8 Å². The van der Waals surface area contributed by atoms with E-state index in [1.54, 1.807) is 6.20 Å².